The highest BCUT2D eigenvalue weighted by Crippen LogP contribution is 2.28. The Balaban J connectivity index is 2.61. The van der Waals surface area contributed by atoms with E-state index in [2.05, 4.69) is 5.32 Å². The molecule has 0 aliphatic heterocycles. The van der Waals surface area contributed by atoms with E-state index in [-0.39, 0.29) is 18.6 Å². The molecule has 0 radical (unpaired) electrons. The quantitative estimate of drug-likeness (QED) is 0.707. The molecule has 0 fully saturated rings. The smallest absolute Gasteiger partial charge is 0.338 e. The third-order valence-electron chi connectivity index (χ3n) is 3.16. The third kappa shape index (κ3) is 6.18. The van der Waals surface area contributed by atoms with Gasteiger partial charge in [-0.2, -0.15) is 0 Å². The molecule has 1 rings (SSSR count). The van der Waals surface area contributed by atoms with Gasteiger partial charge in [-0.15, -0.1) is 0 Å². The molecule has 0 unspecified atom stereocenters. The molecule has 0 heterocycles. The number of rotatable bonds is 9. The number of carbonyl (C=O) groups is 2. The fourth-order valence-corrected chi connectivity index (χ4v) is 2.11. The van der Waals surface area contributed by atoms with Gasteiger partial charge in [0.15, 0.2) is 18.1 Å². The van der Waals surface area contributed by atoms with E-state index in [0.29, 0.717) is 23.7 Å². The molecule has 0 bridgehead atoms. The number of esters is 1. The van der Waals surface area contributed by atoms with Crippen molar-refractivity contribution in [2.45, 2.75) is 39.7 Å². The predicted molar refractivity (Wildman–Crippen MR) is 87.0 cm³/mol. The molecule has 1 aromatic carbocycles. The van der Waals surface area contributed by atoms with Crippen LogP contribution >= 0.6 is 0 Å². The highest BCUT2D eigenvalue weighted by molar-refractivity contribution is 5.92. The molecule has 1 amide bonds. The fourth-order valence-electron chi connectivity index (χ4n) is 2.11. The molecule has 0 aliphatic rings. The summed E-state index contributed by atoms with van der Waals surface area (Å²) in [5, 5.41) is 2.78. The molecule has 6 nitrogen and oxygen atoms in total. The molecule has 0 saturated heterocycles. The maximum absolute atomic E-state index is 12.0. The zero-order valence-corrected chi connectivity index (χ0v) is 14.2. The van der Waals surface area contributed by atoms with E-state index in [1.54, 1.807) is 18.2 Å². The number of benzene rings is 1. The molecule has 0 aromatic heterocycles. The molecular formula is C17H25NO5. The minimum atomic E-state index is -0.577. The van der Waals surface area contributed by atoms with Gasteiger partial charge in [-0.25, -0.2) is 4.79 Å². The predicted octanol–water partition coefficient (Wildman–Crippen LogP) is 2.56. The van der Waals surface area contributed by atoms with Crippen LogP contribution in [0.5, 0.6) is 11.5 Å². The van der Waals surface area contributed by atoms with E-state index in [1.165, 1.54) is 7.11 Å². The molecule has 6 heteroatoms. The van der Waals surface area contributed by atoms with E-state index in [0.717, 1.165) is 12.8 Å². The summed E-state index contributed by atoms with van der Waals surface area (Å²) < 4.78 is 15.6. The Morgan fingerprint density at radius 3 is 2.57 bits per heavy atom. The van der Waals surface area contributed by atoms with Gasteiger partial charge in [-0.3, -0.25) is 4.79 Å². The van der Waals surface area contributed by atoms with Gasteiger partial charge >= 0.3 is 5.97 Å². The highest BCUT2D eigenvalue weighted by Gasteiger charge is 2.14. The molecule has 1 aromatic rings. The molecular weight excluding hydrogens is 298 g/mol. The molecule has 128 valence electrons. The molecule has 1 atom stereocenters. The van der Waals surface area contributed by atoms with Gasteiger partial charge in [0.1, 0.15) is 0 Å². The van der Waals surface area contributed by atoms with E-state index in [4.69, 9.17) is 14.2 Å². The normalized spacial score (nSPS) is 11.5. The van der Waals surface area contributed by atoms with Crippen LogP contribution in [0.15, 0.2) is 18.2 Å². The summed E-state index contributed by atoms with van der Waals surface area (Å²) in [5.74, 6) is 0.116. The maximum Gasteiger partial charge on any atom is 0.338 e. The Kier molecular flexibility index (Phi) is 7.94. The van der Waals surface area contributed by atoms with Crippen molar-refractivity contribution >= 4 is 11.9 Å². The van der Waals surface area contributed by atoms with Gasteiger partial charge in [-0.05, 0) is 38.5 Å². The second-order valence-corrected chi connectivity index (χ2v) is 5.13. The lowest BCUT2D eigenvalue weighted by Gasteiger charge is -2.13. The first kappa shape index (κ1) is 18.8. The van der Waals surface area contributed by atoms with Gasteiger partial charge in [0.25, 0.3) is 5.91 Å². The van der Waals surface area contributed by atoms with Crippen LogP contribution in [0.25, 0.3) is 0 Å². The minimum absolute atomic E-state index is 0.0664. The van der Waals surface area contributed by atoms with Crippen LogP contribution in [-0.2, 0) is 9.53 Å². The van der Waals surface area contributed by atoms with Crippen LogP contribution in [0.2, 0.25) is 0 Å². The Bertz CT molecular complexity index is 530. The summed E-state index contributed by atoms with van der Waals surface area (Å²) in [7, 11) is 1.53. The average molecular weight is 323 g/mol. The molecule has 23 heavy (non-hydrogen) atoms. The van der Waals surface area contributed by atoms with E-state index < -0.39 is 5.97 Å². The molecule has 0 aliphatic carbocycles. The number of nitrogens with one attached hydrogen (secondary N) is 1. The van der Waals surface area contributed by atoms with Gasteiger partial charge in [-0.1, -0.05) is 13.3 Å². The van der Waals surface area contributed by atoms with Gasteiger partial charge in [0.05, 0.1) is 19.3 Å². The number of carbonyl (C=O) groups excluding carboxylic acids is 2. The fraction of sp³-hybridized carbons (Fsp3) is 0.529. The summed E-state index contributed by atoms with van der Waals surface area (Å²) in [5.41, 5.74) is 0.309. The van der Waals surface area contributed by atoms with Crippen molar-refractivity contribution < 1.29 is 23.8 Å². The Labute approximate surface area is 137 Å². The molecule has 0 saturated carbocycles. The minimum Gasteiger partial charge on any atom is -0.493 e. The molecule has 1 N–H and O–H groups in total. The average Bonchev–Trinajstić information content (AvgIpc) is 2.53. The van der Waals surface area contributed by atoms with Crippen molar-refractivity contribution in [3.8, 4) is 11.5 Å². The van der Waals surface area contributed by atoms with Crippen LogP contribution in [-0.4, -0.2) is 38.2 Å². The van der Waals surface area contributed by atoms with Gasteiger partial charge in [0, 0.05) is 6.04 Å². The number of hydrogen-bond acceptors (Lipinski definition) is 5. The van der Waals surface area contributed by atoms with E-state index in [9.17, 15) is 9.59 Å². The number of ether oxygens (including phenoxy) is 3. The summed E-state index contributed by atoms with van der Waals surface area (Å²) in [6, 6.07) is 4.81. The van der Waals surface area contributed by atoms with Crippen molar-refractivity contribution in [1.29, 1.82) is 0 Å². The van der Waals surface area contributed by atoms with Crippen molar-refractivity contribution in [3.05, 3.63) is 23.8 Å². The van der Waals surface area contributed by atoms with Crippen LogP contribution < -0.4 is 14.8 Å². The zero-order valence-electron chi connectivity index (χ0n) is 14.2. The van der Waals surface area contributed by atoms with Crippen molar-refractivity contribution in [3.63, 3.8) is 0 Å². The lowest BCUT2D eigenvalue weighted by atomic mass is 10.2. The second-order valence-electron chi connectivity index (χ2n) is 5.13. The lowest BCUT2D eigenvalue weighted by molar-refractivity contribution is -0.124. The summed E-state index contributed by atoms with van der Waals surface area (Å²) in [4.78, 5) is 23.7. The third-order valence-corrected chi connectivity index (χ3v) is 3.16. The largest absolute Gasteiger partial charge is 0.493 e. The van der Waals surface area contributed by atoms with Crippen LogP contribution in [0, 0.1) is 0 Å². The van der Waals surface area contributed by atoms with Crippen LogP contribution in [0.1, 0.15) is 44.0 Å². The summed E-state index contributed by atoms with van der Waals surface area (Å²) in [6.45, 7) is 5.95. The Morgan fingerprint density at radius 2 is 1.96 bits per heavy atom. The van der Waals surface area contributed by atoms with Crippen molar-refractivity contribution in [2.24, 2.45) is 0 Å². The number of amides is 1. The first-order valence-electron chi connectivity index (χ1n) is 7.79. The van der Waals surface area contributed by atoms with Crippen LogP contribution in [0.4, 0.5) is 0 Å². The first-order valence-corrected chi connectivity index (χ1v) is 7.79. The van der Waals surface area contributed by atoms with Crippen LogP contribution in [0.3, 0.4) is 0 Å². The van der Waals surface area contributed by atoms with Crippen molar-refractivity contribution in [2.75, 3.05) is 20.3 Å². The summed E-state index contributed by atoms with van der Waals surface area (Å²) in [6.07, 6.45) is 1.86. The monoisotopic (exact) mass is 323 g/mol. The standard InChI is InChI=1S/C17H25NO5/c1-5-7-12(3)18-16(19)11-23-17(20)13-8-9-14(21-4)15(10-13)22-6-2/h8-10,12H,5-7,11H2,1-4H3,(H,18,19)/t12-/m1/s1. The van der Waals surface area contributed by atoms with E-state index in [1.807, 2.05) is 20.8 Å². The number of hydrogen-bond donors (Lipinski definition) is 1. The summed E-state index contributed by atoms with van der Waals surface area (Å²) >= 11 is 0. The zero-order chi connectivity index (χ0) is 17.2. The second kappa shape index (κ2) is 9.71. The maximum atomic E-state index is 12.0. The first-order chi connectivity index (χ1) is 11.0. The molecule has 0 spiro atoms. The van der Waals surface area contributed by atoms with Gasteiger partial charge < -0.3 is 19.5 Å². The Morgan fingerprint density at radius 1 is 1.22 bits per heavy atom. The lowest BCUT2D eigenvalue weighted by Crippen LogP contribution is -2.35. The van der Waals surface area contributed by atoms with Gasteiger partial charge in [0.2, 0.25) is 0 Å². The Hall–Kier alpha value is -2.24. The highest BCUT2D eigenvalue weighted by atomic mass is 16.5. The van der Waals surface area contributed by atoms with E-state index >= 15 is 0 Å². The topological polar surface area (TPSA) is 73.9 Å². The number of methoxy groups -OCH3 is 1. The van der Waals surface area contributed by atoms with Crippen molar-refractivity contribution in [1.82, 2.24) is 5.32 Å². The SMILES string of the molecule is CCC[C@@H](C)NC(=O)COC(=O)c1ccc(OC)c(OCC)c1.